The number of hydrogen-bond donors (Lipinski definition) is 0. The number of aryl methyl sites for hydroxylation is 2. The number of fused-ring (bicyclic) bond motifs is 1. The van der Waals surface area contributed by atoms with Gasteiger partial charge in [0, 0.05) is 12.0 Å². The highest BCUT2D eigenvalue weighted by Gasteiger charge is 2.15. The molecule has 0 fully saturated rings. The lowest BCUT2D eigenvalue weighted by atomic mass is 9.69. The summed E-state index contributed by atoms with van der Waals surface area (Å²) in [6, 6.07) is 0. The predicted molar refractivity (Wildman–Crippen MR) is 45.2 cm³/mol. The van der Waals surface area contributed by atoms with Crippen molar-refractivity contribution in [3.8, 4) is 0 Å². The summed E-state index contributed by atoms with van der Waals surface area (Å²) >= 11 is 0. The Morgan fingerprint density at radius 1 is 1.55 bits per heavy atom. The normalized spacial score (nSPS) is 16.8. The van der Waals surface area contributed by atoms with Gasteiger partial charge in [-0.25, -0.2) is 0 Å². The van der Waals surface area contributed by atoms with Gasteiger partial charge in [0.1, 0.15) is 13.0 Å². The molecular weight excluding hydrogens is 137 g/mol. The molecule has 1 aliphatic heterocycles. The molecule has 1 aromatic heterocycles. The minimum atomic E-state index is 1.09. The SMILES string of the molecule is Cc1noc2c1CBCCC2. The summed E-state index contributed by atoms with van der Waals surface area (Å²) < 4.78 is 5.22. The molecule has 0 unspecified atom stereocenters. The van der Waals surface area contributed by atoms with Crippen LogP contribution in [0.5, 0.6) is 0 Å². The molecule has 2 rings (SSSR count). The highest BCUT2D eigenvalue weighted by molar-refractivity contribution is 6.35. The average molecular weight is 149 g/mol. The monoisotopic (exact) mass is 149 g/mol. The molecule has 0 atom stereocenters. The van der Waals surface area contributed by atoms with Gasteiger partial charge in [-0.15, -0.1) is 0 Å². The first-order valence-corrected chi connectivity index (χ1v) is 4.32. The zero-order valence-corrected chi connectivity index (χ0v) is 6.89. The van der Waals surface area contributed by atoms with Crippen molar-refractivity contribution in [1.29, 1.82) is 0 Å². The minimum Gasteiger partial charge on any atom is -0.361 e. The Morgan fingerprint density at radius 3 is 3.36 bits per heavy atom. The molecule has 0 saturated heterocycles. The van der Waals surface area contributed by atoms with Crippen LogP contribution in [-0.4, -0.2) is 12.4 Å². The summed E-state index contributed by atoms with van der Waals surface area (Å²) in [6.45, 7) is 2.04. The van der Waals surface area contributed by atoms with Crippen LogP contribution in [0.25, 0.3) is 0 Å². The molecule has 0 N–H and O–H groups in total. The van der Waals surface area contributed by atoms with Crippen LogP contribution in [0.1, 0.15) is 23.4 Å². The van der Waals surface area contributed by atoms with E-state index in [1.165, 1.54) is 31.9 Å². The molecule has 2 nitrogen and oxygen atoms in total. The van der Waals surface area contributed by atoms with Gasteiger partial charge in [0.25, 0.3) is 0 Å². The van der Waals surface area contributed by atoms with Crippen LogP contribution in [0.4, 0.5) is 0 Å². The fourth-order valence-corrected chi connectivity index (χ4v) is 1.72. The van der Waals surface area contributed by atoms with Gasteiger partial charge in [-0.1, -0.05) is 17.9 Å². The third-order valence-corrected chi connectivity index (χ3v) is 2.40. The van der Waals surface area contributed by atoms with Crippen LogP contribution in [0.15, 0.2) is 4.52 Å². The third-order valence-electron chi connectivity index (χ3n) is 2.40. The highest BCUT2D eigenvalue weighted by atomic mass is 16.5. The Bertz CT molecular complexity index is 257. The van der Waals surface area contributed by atoms with E-state index in [-0.39, 0.29) is 0 Å². The summed E-state index contributed by atoms with van der Waals surface area (Å²) in [5.41, 5.74) is 2.48. The standard InChI is InChI=1S/C8H12BNO/c1-6-7-5-9-4-2-3-8(7)11-10-6/h9H,2-5H2,1H3. The molecule has 0 saturated carbocycles. The Kier molecular flexibility index (Phi) is 1.72. The molecule has 0 radical (unpaired) electrons. The second-order valence-electron chi connectivity index (χ2n) is 3.23. The first-order chi connectivity index (χ1) is 5.38. The van der Waals surface area contributed by atoms with Gasteiger partial charge in [0.05, 0.1) is 5.69 Å². The lowest BCUT2D eigenvalue weighted by Gasteiger charge is -1.91. The average Bonchev–Trinajstić information content (AvgIpc) is 2.25. The smallest absolute Gasteiger partial charge is 0.139 e. The first kappa shape index (κ1) is 6.95. The van der Waals surface area contributed by atoms with E-state index in [1.807, 2.05) is 6.92 Å². The van der Waals surface area contributed by atoms with E-state index < -0.39 is 0 Å². The van der Waals surface area contributed by atoms with E-state index in [0.29, 0.717) is 0 Å². The van der Waals surface area contributed by atoms with Gasteiger partial charge >= 0.3 is 0 Å². The van der Waals surface area contributed by atoms with Crippen molar-refractivity contribution in [1.82, 2.24) is 5.16 Å². The first-order valence-electron chi connectivity index (χ1n) is 4.32. The van der Waals surface area contributed by atoms with Gasteiger partial charge in [-0.2, -0.15) is 0 Å². The highest BCUT2D eigenvalue weighted by Crippen LogP contribution is 2.19. The van der Waals surface area contributed by atoms with E-state index in [9.17, 15) is 0 Å². The van der Waals surface area contributed by atoms with Crippen LogP contribution >= 0.6 is 0 Å². The molecular formula is C8H12BNO. The Hall–Kier alpha value is -0.725. The fraction of sp³-hybridized carbons (Fsp3) is 0.625. The topological polar surface area (TPSA) is 26.0 Å². The molecule has 0 spiro atoms. The predicted octanol–water partition coefficient (Wildman–Crippen LogP) is 1.28. The quantitative estimate of drug-likeness (QED) is 0.519. The molecule has 11 heavy (non-hydrogen) atoms. The molecule has 1 aliphatic rings. The molecule has 0 aromatic carbocycles. The summed E-state index contributed by atoms with van der Waals surface area (Å²) in [6.07, 6.45) is 4.87. The van der Waals surface area contributed by atoms with Crippen LogP contribution in [0.3, 0.4) is 0 Å². The maximum atomic E-state index is 5.22. The van der Waals surface area contributed by atoms with E-state index in [1.54, 1.807) is 0 Å². The van der Waals surface area contributed by atoms with Gasteiger partial charge in [-0.3, -0.25) is 0 Å². The second kappa shape index (κ2) is 2.72. The summed E-state index contributed by atoms with van der Waals surface area (Å²) in [7, 11) is 1.30. The van der Waals surface area contributed by atoms with Gasteiger partial charge in [0.15, 0.2) is 0 Å². The minimum absolute atomic E-state index is 1.09. The van der Waals surface area contributed by atoms with Crippen molar-refractivity contribution >= 4 is 7.28 Å². The van der Waals surface area contributed by atoms with Crippen LogP contribution in [-0.2, 0) is 12.7 Å². The fourth-order valence-electron chi connectivity index (χ4n) is 1.72. The van der Waals surface area contributed by atoms with Crippen molar-refractivity contribution < 1.29 is 4.52 Å². The summed E-state index contributed by atoms with van der Waals surface area (Å²) in [5, 5.41) is 3.96. The molecule has 2 heterocycles. The summed E-state index contributed by atoms with van der Waals surface area (Å²) in [5.74, 6) is 1.14. The number of aromatic nitrogens is 1. The van der Waals surface area contributed by atoms with E-state index in [4.69, 9.17) is 4.52 Å². The Labute approximate surface area is 67.2 Å². The zero-order valence-electron chi connectivity index (χ0n) is 6.89. The van der Waals surface area contributed by atoms with Crippen molar-refractivity contribution in [3.63, 3.8) is 0 Å². The van der Waals surface area contributed by atoms with Crippen molar-refractivity contribution in [3.05, 3.63) is 17.0 Å². The molecule has 0 amide bonds. The number of rotatable bonds is 0. The number of nitrogens with zero attached hydrogens (tertiary/aromatic N) is 1. The molecule has 58 valence electrons. The van der Waals surface area contributed by atoms with Crippen LogP contribution in [0.2, 0.25) is 6.32 Å². The lowest BCUT2D eigenvalue weighted by molar-refractivity contribution is 0.378. The van der Waals surface area contributed by atoms with Crippen molar-refractivity contribution in [2.75, 3.05) is 0 Å². The van der Waals surface area contributed by atoms with Gasteiger partial charge < -0.3 is 4.52 Å². The van der Waals surface area contributed by atoms with E-state index >= 15 is 0 Å². The van der Waals surface area contributed by atoms with Crippen LogP contribution < -0.4 is 0 Å². The lowest BCUT2D eigenvalue weighted by Crippen LogP contribution is -1.94. The van der Waals surface area contributed by atoms with Gasteiger partial charge in [-0.05, 0) is 13.2 Å². The maximum Gasteiger partial charge on any atom is 0.139 e. The van der Waals surface area contributed by atoms with Crippen LogP contribution in [0, 0.1) is 6.92 Å². The molecule has 0 aliphatic carbocycles. The maximum absolute atomic E-state index is 5.22. The second-order valence-corrected chi connectivity index (χ2v) is 3.23. The molecule has 0 bridgehead atoms. The Morgan fingerprint density at radius 2 is 2.45 bits per heavy atom. The largest absolute Gasteiger partial charge is 0.361 e. The van der Waals surface area contributed by atoms with E-state index in [0.717, 1.165) is 17.9 Å². The number of hydrogen-bond acceptors (Lipinski definition) is 2. The van der Waals surface area contributed by atoms with Gasteiger partial charge in [0.2, 0.25) is 0 Å². The molecule has 1 aromatic rings. The van der Waals surface area contributed by atoms with Crippen molar-refractivity contribution in [2.24, 2.45) is 0 Å². The van der Waals surface area contributed by atoms with E-state index in [2.05, 4.69) is 5.16 Å². The van der Waals surface area contributed by atoms with Crippen molar-refractivity contribution in [2.45, 2.75) is 32.4 Å². The molecule has 3 heteroatoms. The Balaban J connectivity index is 2.35. The third kappa shape index (κ3) is 1.19. The summed E-state index contributed by atoms with van der Waals surface area (Å²) in [4.78, 5) is 0. The zero-order chi connectivity index (χ0) is 7.68.